The average Bonchev–Trinajstić information content (AvgIpc) is 2.44. The molecule has 0 aliphatic rings. The van der Waals surface area contributed by atoms with Gasteiger partial charge in [0, 0.05) is 25.8 Å². The standard InChI is InChI=1S/C15H24N2O3/c1-5-16-14(15(18)19-6-2)11-20-13-9-7-8-12(10-13)17(3)4/h7-10,14,16H,5-6,11H2,1-4H3. The Labute approximate surface area is 120 Å². The number of carbonyl (C=O) groups excluding carboxylic acids is 1. The number of hydrogen-bond acceptors (Lipinski definition) is 5. The summed E-state index contributed by atoms with van der Waals surface area (Å²) in [7, 11) is 3.94. The number of likely N-dealkylation sites (N-methyl/N-ethyl adjacent to an activating group) is 1. The van der Waals surface area contributed by atoms with E-state index < -0.39 is 6.04 Å². The Morgan fingerprint density at radius 3 is 2.70 bits per heavy atom. The Hall–Kier alpha value is -1.75. The quantitative estimate of drug-likeness (QED) is 0.734. The molecule has 1 rings (SSSR count). The molecular formula is C15H24N2O3. The van der Waals surface area contributed by atoms with Gasteiger partial charge in [0.15, 0.2) is 0 Å². The fourth-order valence-corrected chi connectivity index (χ4v) is 1.73. The van der Waals surface area contributed by atoms with Crippen LogP contribution in [0.3, 0.4) is 0 Å². The van der Waals surface area contributed by atoms with Crippen LogP contribution in [0.5, 0.6) is 5.75 Å². The van der Waals surface area contributed by atoms with Crippen molar-refractivity contribution in [3.05, 3.63) is 24.3 Å². The third kappa shape index (κ3) is 5.09. The summed E-state index contributed by atoms with van der Waals surface area (Å²) in [6.07, 6.45) is 0. The molecule has 0 heterocycles. The first-order valence-corrected chi connectivity index (χ1v) is 6.88. The van der Waals surface area contributed by atoms with Gasteiger partial charge in [-0.05, 0) is 25.6 Å². The van der Waals surface area contributed by atoms with Crippen LogP contribution >= 0.6 is 0 Å². The predicted octanol–water partition coefficient (Wildman–Crippen LogP) is 1.67. The largest absolute Gasteiger partial charge is 0.491 e. The number of nitrogens with one attached hydrogen (secondary N) is 1. The average molecular weight is 280 g/mol. The van der Waals surface area contributed by atoms with Crippen molar-refractivity contribution in [3.63, 3.8) is 0 Å². The van der Waals surface area contributed by atoms with Gasteiger partial charge in [-0.3, -0.25) is 4.79 Å². The Bertz CT molecular complexity index is 421. The van der Waals surface area contributed by atoms with E-state index in [9.17, 15) is 4.79 Å². The van der Waals surface area contributed by atoms with E-state index in [1.54, 1.807) is 6.92 Å². The third-order valence-corrected chi connectivity index (χ3v) is 2.77. The summed E-state index contributed by atoms with van der Waals surface area (Å²) in [5.74, 6) is 0.460. The predicted molar refractivity (Wildman–Crippen MR) is 80.4 cm³/mol. The lowest BCUT2D eigenvalue weighted by atomic mass is 10.2. The fourth-order valence-electron chi connectivity index (χ4n) is 1.73. The van der Waals surface area contributed by atoms with Gasteiger partial charge in [-0.25, -0.2) is 0 Å². The second-order valence-corrected chi connectivity index (χ2v) is 4.57. The van der Waals surface area contributed by atoms with E-state index in [-0.39, 0.29) is 12.6 Å². The summed E-state index contributed by atoms with van der Waals surface area (Å²) in [5, 5.41) is 3.06. The normalized spacial score (nSPS) is 11.8. The van der Waals surface area contributed by atoms with Crippen molar-refractivity contribution in [3.8, 4) is 5.75 Å². The van der Waals surface area contributed by atoms with Crippen molar-refractivity contribution in [1.29, 1.82) is 0 Å². The van der Waals surface area contributed by atoms with E-state index in [0.717, 1.165) is 11.4 Å². The summed E-state index contributed by atoms with van der Waals surface area (Å²) in [6.45, 7) is 5.05. The molecule has 1 aromatic rings. The molecule has 1 unspecified atom stereocenters. The summed E-state index contributed by atoms with van der Waals surface area (Å²) < 4.78 is 10.7. The maximum atomic E-state index is 11.8. The second kappa shape index (κ2) is 8.43. The molecule has 1 aromatic carbocycles. The van der Waals surface area contributed by atoms with Crippen LogP contribution in [-0.2, 0) is 9.53 Å². The molecule has 0 amide bonds. The van der Waals surface area contributed by atoms with E-state index in [1.165, 1.54) is 0 Å². The number of carbonyl (C=O) groups is 1. The minimum absolute atomic E-state index is 0.254. The van der Waals surface area contributed by atoms with E-state index in [0.29, 0.717) is 13.2 Å². The van der Waals surface area contributed by atoms with Crippen LogP contribution in [0.15, 0.2) is 24.3 Å². The molecular weight excluding hydrogens is 256 g/mol. The number of hydrogen-bond donors (Lipinski definition) is 1. The zero-order valence-corrected chi connectivity index (χ0v) is 12.7. The Morgan fingerprint density at radius 2 is 2.10 bits per heavy atom. The van der Waals surface area contributed by atoms with Crippen LogP contribution < -0.4 is 15.0 Å². The summed E-state index contributed by atoms with van der Waals surface area (Å²) in [6, 6.07) is 7.30. The monoisotopic (exact) mass is 280 g/mol. The molecule has 0 aliphatic carbocycles. The smallest absolute Gasteiger partial charge is 0.326 e. The lowest BCUT2D eigenvalue weighted by molar-refractivity contribution is -0.146. The SMILES string of the molecule is CCNC(COc1cccc(N(C)C)c1)C(=O)OCC. The van der Waals surface area contributed by atoms with Crippen LogP contribution in [-0.4, -0.2) is 45.9 Å². The third-order valence-electron chi connectivity index (χ3n) is 2.77. The van der Waals surface area contributed by atoms with Crippen molar-refractivity contribution in [2.75, 3.05) is 38.8 Å². The second-order valence-electron chi connectivity index (χ2n) is 4.57. The van der Waals surface area contributed by atoms with Crippen molar-refractivity contribution in [2.45, 2.75) is 19.9 Å². The molecule has 5 nitrogen and oxygen atoms in total. The lowest BCUT2D eigenvalue weighted by Gasteiger charge is -2.18. The summed E-state index contributed by atoms with van der Waals surface area (Å²) in [4.78, 5) is 13.8. The van der Waals surface area contributed by atoms with E-state index in [1.807, 2.05) is 50.2 Å². The number of rotatable bonds is 8. The van der Waals surface area contributed by atoms with Crippen LogP contribution in [0.25, 0.3) is 0 Å². The zero-order chi connectivity index (χ0) is 15.0. The number of anilines is 1. The van der Waals surface area contributed by atoms with Gasteiger partial charge in [-0.1, -0.05) is 13.0 Å². The minimum atomic E-state index is -0.442. The number of esters is 1. The van der Waals surface area contributed by atoms with Gasteiger partial charge in [0.1, 0.15) is 18.4 Å². The molecule has 0 fully saturated rings. The summed E-state index contributed by atoms with van der Waals surface area (Å²) >= 11 is 0. The van der Waals surface area contributed by atoms with Gasteiger partial charge in [0.25, 0.3) is 0 Å². The summed E-state index contributed by atoms with van der Waals surface area (Å²) in [5.41, 5.74) is 1.05. The highest BCUT2D eigenvalue weighted by Crippen LogP contribution is 2.19. The first-order valence-electron chi connectivity index (χ1n) is 6.88. The van der Waals surface area contributed by atoms with Gasteiger partial charge in [-0.2, -0.15) is 0 Å². The molecule has 0 saturated carbocycles. The first-order chi connectivity index (χ1) is 9.58. The highest BCUT2D eigenvalue weighted by Gasteiger charge is 2.19. The van der Waals surface area contributed by atoms with Crippen molar-refractivity contribution < 1.29 is 14.3 Å². The molecule has 112 valence electrons. The molecule has 0 bridgehead atoms. The van der Waals surface area contributed by atoms with Gasteiger partial charge in [0.05, 0.1) is 6.61 Å². The van der Waals surface area contributed by atoms with Crippen LogP contribution in [0.1, 0.15) is 13.8 Å². The molecule has 1 atom stereocenters. The molecule has 0 spiro atoms. The van der Waals surface area contributed by atoms with Crippen molar-refractivity contribution >= 4 is 11.7 Å². The number of benzene rings is 1. The highest BCUT2D eigenvalue weighted by atomic mass is 16.5. The molecule has 0 saturated heterocycles. The highest BCUT2D eigenvalue weighted by molar-refractivity contribution is 5.76. The van der Waals surface area contributed by atoms with Crippen molar-refractivity contribution in [2.24, 2.45) is 0 Å². The molecule has 20 heavy (non-hydrogen) atoms. The van der Waals surface area contributed by atoms with E-state index >= 15 is 0 Å². The molecule has 0 aromatic heterocycles. The fraction of sp³-hybridized carbons (Fsp3) is 0.533. The maximum absolute atomic E-state index is 11.8. The Morgan fingerprint density at radius 1 is 1.35 bits per heavy atom. The van der Waals surface area contributed by atoms with Crippen LogP contribution in [0.4, 0.5) is 5.69 Å². The van der Waals surface area contributed by atoms with Crippen LogP contribution in [0.2, 0.25) is 0 Å². The molecule has 5 heteroatoms. The van der Waals surface area contributed by atoms with Gasteiger partial charge in [-0.15, -0.1) is 0 Å². The number of ether oxygens (including phenoxy) is 2. The molecule has 0 aliphatic heterocycles. The molecule has 0 radical (unpaired) electrons. The van der Waals surface area contributed by atoms with Gasteiger partial charge >= 0.3 is 5.97 Å². The van der Waals surface area contributed by atoms with Gasteiger partial charge in [0.2, 0.25) is 0 Å². The van der Waals surface area contributed by atoms with E-state index in [2.05, 4.69) is 5.32 Å². The van der Waals surface area contributed by atoms with Crippen molar-refractivity contribution in [1.82, 2.24) is 5.32 Å². The molecule has 1 N–H and O–H groups in total. The maximum Gasteiger partial charge on any atom is 0.326 e. The lowest BCUT2D eigenvalue weighted by Crippen LogP contribution is -2.42. The Balaban J connectivity index is 2.62. The first kappa shape index (κ1) is 16.3. The van der Waals surface area contributed by atoms with E-state index in [4.69, 9.17) is 9.47 Å². The zero-order valence-electron chi connectivity index (χ0n) is 12.7. The van der Waals surface area contributed by atoms with Crippen LogP contribution in [0, 0.1) is 0 Å². The van der Waals surface area contributed by atoms with Gasteiger partial charge < -0.3 is 19.7 Å². The Kier molecular flexibility index (Phi) is 6.87. The topological polar surface area (TPSA) is 50.8 Å². The number of nitrogens with zero attached hydrogens (tertiary/aromatic N) is 1. The minimum Gasteiger partial charge on any atom is -0.491 e.